The second kappa shape index (κ2) is 8.74. The zero-order valence-corrected chi connectivity index (χ0v) is 15.5. The van der Waals surface area contributed by atoms with Crippen molar-refractivity contribution in [1.82, 2.24) is 9.97 Å². The van der Waals surface area contributed by atoms with Crippen LogP contribution in [0.3, 0.4) is 0 Å². The van der Waals surface area contributed by atoms with Gasteiger partial charge in [0.1, 0.15) is 5.82 Å². The number of rotatable bonds is 7. The minimum Gasteiger partial charge on any atom is -0.370 e. The first kappa shape index (κ1) is 17.6. The summed E-state index contributed by atoms with van der Waals surface area (Å²) in [6, 6.07) is 16.3. The van der Waals surface area contributed by atoms with Crippen LogP contribution in [-0.4, -0.2) is 16.5 Å². The third kappa shape index (κ3) is 4.65. The molecule has 0 fully saturated rings. The van der Waals surface area contributed by atoms with Crippen LogP contribution in [0.25, 0.3) is 11.3 Å². The number of nitrogens with two attached hydrogens (primary N) is 1. The number of aryl methyl sites for hydroxylation is 1. The highest BCUT2D eigenvalue weighted by molar-refractivity contribution is 9.10. The van der Waals surface area contributed by atoms with Gasteiger partial charge in [0.25, 0.3) is 0 Å². The zero-order valence-electron chi connectivity index (χ0n) is 14.0. The first-order valence-electron chi connectivity index (χ1n) is 8.35. The van der Waals surface area contributed by atoms with Crippen LogP contribution in [0.15, 0.2) is 65.4 Å². The predicted octanol–water partition coefficient (Wildman–Crippen LogP) is 4.41. The second-order valence-corrected chi connectivity index (χ2v) is 6.62. The van der Waals surface area contributed by atoms with Crippen molar-refractivity contribution in [3.05, 3.63) is 76.5 Å². The number of benzene rings is 1. The molecule has 0 atom stereocenters. The Morgan fingerprint density at radius 1 is 0.960 bits per heavy atom. The molecule has 5 heteroatoms. The van der Waals surface area contributed by atoms with Gasteiger partial charge in [-0.25, -0.2) is 4.98 Å². The Hall–Kier alpha value is -2.24. The van der Waals surface area contributed by atoms with Crippen molar-refractivity contribution in [2.45, 2.75) is 19.4 Å². The molecule has 0 aliphatic carbocycles. The van der Waals surface area contributed by atoms with Crippen molar-refractivity contribution in [2.75, 3.05) is 11.9 Å². The van der Waals surface area contributed by atoms with Gasteiger partial charge in [-0.3, -0.25) is 4.98 Å². The average molecular weight is 397 g/mol. The molecule has 1 aromatic carbocycles. The first-order chi connectivity index (χ1) is 12.3. The van der Waals surface area contributed by atoms with Crippen LogP contribution in [0.5, 0.6) is 0 Å². The van der Waals surface area contributed by atoms with E-state index in [1.54, 1.807) is 12.4 Å². The first-order valence-corrected chi connectivity index (χ1v) is 9.15. The molecular formula is C20H21BrN4. The number of hydrogen-bond acceptors (Lipinski definition) is 4. The molecular weight excluding hydrogens is 376 g/mol. The second-order valence-electron chi connectivity index (χ2n) is 5.77. The summed E-state index contributed by atoms with van der Waals surface area (Å²) in [5.41, 5.74) is 10.3. The molecule has 25 heavy (non-hydrogen) atoms. The highest BCUT2D eigenvalue weighted by atomic mass is 79.9. The van der Waals surface area contributed by atoms with Crippen molar-refractivity contribution in [3.8, 4) is 11.3 Å². The fourth-order valence-electron chi connectivity index (χ4n) is 2.75. The Labute approximate surface area is 156 Å². The van der Waals surface area contributed by atoms with Gasteiger partial charge < -0.3 is 11.1 Å². The topological polar surface area (TPSA) is 63.8 Å². The van der Waals surface area contributed by atoms with Gasteiger partial charge in [0.15, 0.2) is 0 Å². The summed E-state index contributed by atoms with van der Waals surface area (Å²) in [6.45, 7) is 1.45. The van der Waals surface area contributed by atoms with E-state index in [1.165, 1.54) is 11.1 Å². The fraction of sp³-hybridized carbons (Fsp3) is 0.200. The molecule has 0 saturated heterocycles. The number of halogens is 1. The number of nitrogens with zero attached hydrogens (tertiary/aromatic N) is 2. The maximum Gasteiger partial charge on any atom is 0.126 e. The third-order valence-corrected chi connectivity index (χ3v) is 4.71. The standard InChI is InChI=1S/C20H21BrN4/c21-18-7-8-19(25-20(18)16-9-12-23-13-10-16)24-11-3-6-15-4-1-2-5-17(15)14-22/h1-2,4-5,7-10,12-13H,3,6,11,14,22H2,(H,24,25). The normalized spacial score (nSPS) is 10.6. The largest absolute Gasteiger partial charge is 0.370 e. The summed E-state index contributed by atoms with van der Waals surface area (Å²) >= 11 is 3.57. The van der Waals surface area contributed by atoms with Gasteiger partial charge in [0, 0.05) is 35.5 Å². The molecule has 128 valence electrons. The Kier molecular flexibility index (Phi) is 6.14. The average Bonchev–Trinajstić information content (AvgIpc) is 2.67. The van der Waals surface area contributed by atoms with Crippen LogP contribution in [0, 0.1) is 0 Å². The van der Waals surface area contributed by atoms with Crippen LogP contribution in [0.4, 0.5) is 5.82 Å². The molecule has 0 aliphatic heterocycles. The van der Waals surface area contributed by atoms with Crippen molar-refractivity contribution >= 4 is 21.7 Å². The van der Waals surface area contributed by atoms with Gasteiger partial charge in [-0.2, -0.15) is 0 Å². The van der Waals surface area contributed by atoms with Crippen molar-refractivity contribution in [1.29, 1.82) is 0 Å². The smallest absolute Gasteiger partial charge is 0.126 e. The molecule has 0 saturated carbocycles. The summed E-state index contributed by atoms with van der Waals surface area (Å²) < 4.78 is 0.973. The molecule has 2 heterocycles. The molecule has 0 aliphatic rings. The van der Waals surface area contributed by atoms with Crippen LogP contribution >= 0.6 is 15.9 Å². The summed E-state index contributed by atoms with van der Waals surface area (Å²) in [5, 5.41) is 3.41. The SMILES string of the molecule is NCc1ccccc1CCCNc1ccc(Br)c(-c2ccncc2)n1. The summed E-state index contributed by atoms with van der Waals surface area (Å²) in [4.78, 5) is 8.77. The van der Waals surface area contributed by atoms with Crippen LogP contribution < -0.4 is 11.1 Å². The zero-order chi connectivity index (χ0) is 17.5. The van der Waals surface area contributed by atoms with Crippen molar-refractivity contribution in [3.63, 3.8) is 0 Å². The third-order valence-electron chi connectivity index (χ3n) is 4.07. The van der Waals surface area contributed by atoms with Gasteiger partial charge in [0.05, 0.1) is 5.69 Å². The lowest BCUT2D eigenvalue weighted by Gasteiger charge is -2.10. The molecule has 0 amide bonds. The van der Waals surface area contributed by atoms with E-state index in [1.807, 2.05) is 30.3 Å². The molecule has 3 aromatic rings. The Bertz CT molecular complexity index is 821. The molecule has 0 spiro atoms. The Morgan fingerprint density at radius 2 is 1.72 bits per heavy atom. The predicted molar refractivity (Wildman–Crippen MR) is 106 cm³/mol. The Morgan fingerprint density at radius 3 is 2.48 bits per heavy atom. The number of pyridine rings is 2. The van der Waals surface area contributed by atoms with E-state index in [2.05, 4.69) is 44.4 Å². The van der Waals surface area contributed by atoms with Crippen molar-refractivity contribution < 1.29 is 0 Å². The minimum atomic E-state index is 0.590. The summed E-state index contributed by atoms with van der Waals surface area (Å²) in [6.07, 6.45) is 5.59. The maximum absolute atomic E-state index is 5.80. The molecule has 0 unspecified atom stereocenters. The van der Waals surface area contributed by atoms with Crippen LogP contribution in [0.1, 0.15) is 17.5 Å². The summed E-state index contributed by atoms with van der Waals surface area (Å²) in [7, 11) is 0. The highest BCUT2D eigenvalue weighted by Gasteiger charge is 2.06. The fourth-order valence-corrected chi connectivity index (χ4v) is 3.20. The molecule has 4 nitrogen and oxygen atoms in total. The number of aromatic nitrogens is 2. The van der Waals surface area contributed by atoms with E-state index in [0.29, 0.717) is 6.54 Å². The lowest BCUT2D eigenvalue weighted by Crippen LogP contribution is -2.07. The maximum atomic E-state index is 5.80. The van der Waals surface area contributed by atoms with Gasteiger partial charge >= 0.3 is 0 Å². The molecule has 3 N–H and O–H groups in total. The van der Waals surface area contributed by atoms with Gasteiger partial charge in [-0.1, -0.05) is 24.3 Å². The molecule has 0 radical (unpaired) electrons. The van der Waals surface area contributed by atoms with E-state index < -0.39 is 0 Å². The lowest BCUT2D eigenvalue weighted by molar-refractivity contribution is 0.843. The van der Waals surface area contributed by atoms with E-state index >= 15 is 0 Å². The van der Waals surface area contributed by atoms with Crippen molar-refractivity contribution in [2.24, 2.45) is 5.73 Å². The molecule has 2 aromatic heterocycles. The number of nitrogens with one attached hydrogen (secondary N) is 1. The van der Waals surface area contributed by atoms with E-state index in [0.717, 1.165) is 40.9 Å². The van der Waals surface area contributed by atoms with Crippen LogP contribution in [-0.2, 0) is 13.0 Å². The minimum absolute atomic E-state index is 0.590. The van der Waals surface area contributed by atoms with Gasteiger partial charge in [0.2, 0.25) is 0 Å². The molecule has 3 rings (SSSR count). The van der Waals surface area contributed by atoms with E-state index in [-0.39, 0.29) is 0 Å². The van der Waals surface area contributed by atoms with Crippen LogP contribution in [0.2, 0.25) is 0 Å². The quantitative estimate of drug-likeness (QED) is 0.580. The number of anilines is 1. The monoisotopic (exact) mass is 396 g/mol. The lowest BCUT2D eigenvalue weighted by atomic mass is 10.0. The highest BCUT2D eigenvalue weighted by Crippen LogP contribution is 2.27. The number of hydrogen-bond donors (Lipinski definition) is 2. The summed E-state index contributed by atoms with van der Waals surface area (Å²) in [5.74, 6) is 0.877. The Balaban J connectivity index is 1.60. The van der Waals surface area contributed by atoms with E-state index in [9.17, 15) is 0 Å². The van der Waals surface area contributed by atoms with E-state index in [4.69, 9.17) is 10.7 Å². The molecule has 0 bridgehead atoms. The van der Waals surface area contributed by atoms with Gasteiger partial charge in [-0.05, 0) is 64.2 Å². The van der Waals surface area contributed by atoms with Gasteiger partial charge in [-0.15, -0.1) is 0 Å².